The van der Waals surface area contributed by atoms with E-state index in [0.29, 0.717) is 29.3 Å². The fraction of sp³-hybridized carbons (Fsp3) is 0.500. The number of rotatable bonds is 4. The molecule has 0 amide bonds. The van der Waals surface area contributed by atoms with Gasteiger partial charge in [0.2, 0.25) is 5.43 Å². The van der Waals surface area contributed by atoms with Crippen LogP contribution in [0.4, 0.5) is 14.5 Å². The molecule has 9 heteroatoms. The molecule has 1 atom stereocenters. The van der Waals surface area contributed by atoms with E-state index in [4.69, 9.17) is 4.74 Å². The Kier molecular flexibility index (Phi) is 4.36. The Bertz CT molecular complexity index is 1080. The molecule has 3 heterocycles. The predicted molar refractivity (Wildman–Crippen MR) is 107 cm³/mol. The average molecular weight is 421 g/mol. The van der Waals surface area contributed by atoms with Crippen LogP contribution in [0.5, 0.6) is 0 Å². The summed E-state index contributed by atoms with van der Waals surface area (Å²) in [7, 11) is 0. The molecule has 1 saturated heterocycles. The van der Waals surface area contributed by atoms with Crippen LogP contribution in [0.25, 0.3) is 10.9 Å². The smallest absolute Gasteiger partial charge is 0.344 e. The molecular formula is C20H21F2N3O3S. The Morgan fingerprint density at radius 2 is 2.21 bits per heavy atom. The second kappa shape index (κ2) is 6.70. The third-order valence-corrected chi connectivity index (χ3v) is 7.18. The van der Waals surface area contributed by atoms with Gasteiger partial charge in [0.1, 0.15) is 23.4 Å². The van der Waals surface area contributed by atoms with Gasteiger partial charge in [0.15, 0.2) is 0 Å². The molecule has 6 nitrogen and oxygen atoms in total. The number of esters is 1. The molecule has 0 bridgehead atoms. The van der Waals surface area contributed by atoms with E-state index < -0.39 is 29.3 Å². The highest BCUT2D eigenvalue weighted by molar-refractivity contribution is 8.00. The first kappa shape index (κ1) is 18.9. The minimum Gasteiger partial charge on any atom is -0.462 e. The largest absolute Gasteiger partial charge is 0.462 e. The SMILES string of the molecule is CCOC(=O)c1c2n(c3cc(N4CCNC5(CC5)C4)c(F)cc3c1=O)C(CF)S2. The van der Waals surface area contributed by atoms with Gasteiger partial charge in [-0.15, -0.1) is 0 Å². The Morgan fingerprint density at radius 1 is 1.41 bits per heavy atom. The number of carbonyl (C=O) groups excluding carboxylic acids is 1. The van der Waals surface area contributed by atoms with Crippen LogP contribution in [0.3, 0.4) is 0 Å². The van der Waals surface area contributed by atoms with E-state index in [1.165, 1.54) is 6.07 Å². The van der Waals surface area contributed by atoms with E-state index in [2.05, 4.69) is 5.32 Å². The van der Waals surface area contributed by atoms with E-state index in [9.17, 15) is 14.0 Å². The quantitative estimate of drug-likeness (QED) is 0.766. The van der Waals surface area contributed by atoms with Crippen molar-refractivity contribution in [3.8, 4) is 0 Å². The number of hydrogen-bond acceptors (Lipinski definition) is 6. The van der Waals surface area contributed by atoms with Crippen molar-refractivity contribution >= 4 is 34.3 Å². The molecule has 0 radical (unpaired) electrons. The summed E-state index contributed by atoms with van der Waals surface area (Å²) in [6, 6.07) is 2.82. The zero-order chi connectivity index (χ0) is 20.3. The lowest BCUT2D eigenvalue weighted by Crippen LogP contribution is -2.52. The number of nitrogens with one attached hydrogen (secondary N) is 1. The monoisotopic (exact) mass is 421 g/mol. The molecule has 2 aromatic rings. The third kappa shape index (κ3) is 2.85. The lowest BCUT2D eigenvalue weighted by molar-refractivity contribution is 0.0518. The predicted octanol–water partition coefficient (Wildman–Crippen LogP) is 2.83. The number of halogens is 2. The van der Waals surface area contributed by atoms with Crippen LogP contribution in [0, 0.1) is 5.82 Å². The van der Waals surface area contributed by atoms with Crippen LogP contribution in [0.15, 0.2) is 22.0 Å². The van der Waals surface area contributed by atoms with Crippen LogP contribution in [0.2, 0.25) is 0 Å². The minimum absolute atomic E-state index is 0.0621. The van der Waals surface area contributed by atoms with Gasteiger partial charge in [-0.25, -0.2) is 13.6 Å². The number of fused-ring (bicyclic) bond motifs is 3. The van der Waals surface area contributed by atoms with Crippen LogP contribution < -0.4 is 15.6 Å². The topological polar surface area (TPSA) is 63.6 Å². The number of aromatic nitrogens is 1. The van der Waals surface area contributed by atoms with Crippen LogP contribution in [-0.2, 0) is 4.74 Å². The molecule has 1 saturated carbocycles. The number of benzene rings is 1. The summed E-state index contributed by atoms with van der Waals surface area (Å²) in [6.45, 7) is 3.23. The number of carbonyl (C=O) groups is 1. The number of anilines is 1. The van der Waals surface area contributed by atoms with Crippen molar-refractivity contribution in [1.29, 1.82) is 0 Å². The first-order valence-corrected chi connectivity index (χ1v) is 10.7. The number of hydrogen-bond donors (Lipinski definition) is 1. The van der Waals surface area contributed by atoms with Crippen LogP contribution in [0.1, 0.15) is 35.5 Å². The van der Waals surface area contributed by atoms with Gasteiger partial charge in [0.25, 0.3) is 0 Å². The highest BCUT2D eigenvalue weighted by Crippen LogP contribution is 2.48. The zero-order valence-corrected chi connectivity index (χ0v) is 16.8. The summed E-state index contributed by atoms with van der Waals surface area (Å²) in [5.74, 6) is -1.26. The first-order chi connectivity index (χ1) is 14.0. The lowest BCUT2D eigenvalue weighted by Gasteiger charge is -2.37. The van der Waals surface area contributed by atoms with Crippen molar-refractivity contribution in [2.75, 3.05) is 37.8 Å². The normalized spacial score (nSPS) is 21.8. The third-order valence-electron chi connectivity index (χ3n) is 5.95. The maximum Gasteiger partial charge on any atom is 0.344 e. The number of alkyl halides is 1. The van der Waals surface area contributed by atoms with Gasteiger partial charge in [-0.3, -0.25) is 4.79 Å². The van der Waals surface area contributed by atoms with E-state index in [-0.39, 0.29) is 23.1 Å². The van der Waals surface area contributed by atoms with Gasteiger partial charge in [-0.2, -0.15) is 0 Å². The van der Waals surface area contributed by atoms with Crippen molar-refractivity contribution in [1.82, 2.24) is 9.88 Å². The summed E-state index contributed by atoms with van der Waals surface area (Å²) in [5.41, 5.74) is 0.225. The molecule has 1 unspecified atom stereocenters. The molecule has 1 aliphatic carbocycles. The number of nitrogens with zero attached hydrogens (tertiary/aromatic N) is 2. The van der Waals surface area contributed by atoms with Crippen molar-refractivity contribution in [2.45, 2.75) is 35.7 Å². The maximum absolute atomic E-state index is 15.1. The van der Waals surface area contributed by atoms with Gasteiger partial charge >= 0.3 is 5.97 Å². The number of pyridine rings is 1. The van der Waals surface area contributed by atoms with Crippen molar-refractivity contribution in [3.05, 3.63) is 33.7 Å². The molecular weight excluding hydrogens is 400 g/mol. The molecule has 154 valence electrons. The molecule has 1 aromatic heterocycles. The number of ether oxygens (including phenoxy) is 1. The molecule has 1 spiro atoms. The van der Waals surface area contributed by atoms with Crippen molar-refractivity contribution in [2.24, 2.45) is 0 Å². The average Bonchev–Trinajstić information content (AvgIpc) is 3.42. The summed E-state index contributed by atoms with van der Waals surface area (Å²) in [6.07, 6.45) is 2.13. The Hall–Kier alpha value is -2.13. The maximum atomic E-state index is 15.1. The summed E-state index contributed by atoms with van der Waals surface area (Å²) in [5, 5.41) is 3.41. The van der Waals surface area contributed by atoms with Gasteiger partial charge in [0.05, 0.1) is 22.8 Å². The van der Waals surface area contributed by atoms with Crippen molar-refractivity contribution < 1.29 is 18.3 Å². The fourth-order valence-electron chi connectivity index (χ4n) is 4.30. The standard InChI is InChI=1S/C20H21F2N3O3S/c1-2-28-19(27)16-17(26)11-7-12(22)14(24-6-5-23-20(10-24)3-4-20)8-13(11)25-15(9-21)29-18(16)25/h7-8,15,23H,2-6,9-10H2,1H3. The highest BCUT2D eigenvalue weighted by Gasteiger charge is 2.46. The fourth-order valence-corrected chi connectivity index (χ4v) is 5.42. The summed E-state index contributed by atoms with van der Waals surface area (Å²) < 4.78 is 35.2. The summed E-state index contributed by atoms with van der Waals surface area (Å²) >= 11 is 1.13. The Balaban J connectivity index is 1.68. The van der Waals surface area contributed by atoms with Gasteiger partial charge in [-0.05, 0) is 31.9 Å². The van der Waals surface area contributed by atoms with Crippen LogP contribution >= 0.6 is 11.8 Å². The Morgan fingerprint density at radius 3 is 2.90 bits per heavy atom. The van der Waals surface area contributed by atoms with Crippen molar-refractivity contribution in [3.63, 3.8) is 0 Å². The molecule has 2 aliphatic heterocycles. The molecule has 1 aromatic carbocycles. The first-order valence-electron chi connectivity index (χ1n) is 9.79. The van der Waals surface area contributed by atoms with Crippen LogP contribution in [-0.4, -0.2) is 49.0 Å². The van der Waals surface area contributed by atoms with Gasteiger partial charge in [0, 0.05) is 30.6 Å². The number of thioether (sulfide) groups is 1. The lowest BCUT2D eigenvalue weighted by atomic mass is 10.1. The molecule has 5 rings (SSSR count). The highest BCUT2D eigenvalue weighted by atomic mass is 32.2. The van der Waals surface area contributed by atoms with Gasteiger partial charge < -0.3 is 19.5 Å². The molecule has 29 heavy (non-hydrogen) atoms. The second-order valence-electron chi connectivity index (χ2n) is 7.78. The molecule has 2 fully saturated rings. The van der Waals surface area contributed by atoms with E-state index >= 15 is 4.39 Å². The zero-order valence-electron chi connectivity index (χ0n) is 16.0. The van der Waals surface area contributed by atoms with Gasteiger partial charge in [-0.1, -0.05) is 11.8 Å². The molecule has 1 N–H and O–H groups in total. The Labute approximate surface area is 170 Å². The number of piperazine rings is 1. The van der Waals surface area contributed by atoms with E-state index in [0.717, 1.165) is 31.1 Å². The van der Waals surface area contributed by atoms with E-state index in [1.54, 1.807) is 17.6 Å². The second-order valence-corrected chi connectivity index (χ2v) is 8.94. The summed E-state index contributed by atoms with van der Waals surface area (Å²) in [4.78, 5) is 27.3. The minimum atomic E-state index is -0.754. The molecule has 3 aliphatic rings. The van der Waals surface area contributed by atoms with E-state index in [1.807, 2.05) is 4.90 Å².